The number of rotatable bonds is 4. The summed E-state index contributed by atoms with van der Waals surface area (Å²) in [7, 11) is 4.04. The van der Waals surface area contributed by atoms with Gasteiger partial charge in [-0.05, 0) is 41.9 Å². The maximum atomic E-state index is 5.71. The number of hydrogen-bond acceptors (Lipinski definition) is 3. The van der Waals surface area contributed by atoms with Crippen LogP contribution in [0.15, 0.2) is 40.8 Å². The van der Waals surface area contributed by atoms with Crippen LogP contribution >= 0.6 is 11.6 Å². The molecule has 90 valence electrons. The van der Waals surface area contributed by atoms with Gasteiger partial charge in [-0.15, -0.1) is 0 Å². The highest BCUT2D eigenvalue weighted by molar-refractivity contribution is 6.28. The van der Waals surface area contributed by atoms with Crippen molar-refractivity contribution in [3.05, 3.63) is 47.4 Å². The average Bonchev–Trinajstić information content (AvgIpc) is 2.73. The van der Waals surface area contributed by atoms with Crippen LogP contribution in [0.3, 0.4) is 0 Å². The van der Waals surface area contributed by atoms with E-state index in [0.717, 1.165) is 17.1 Å². The number of halogens is 1. The number of nitrogens with zero attached hydrogens (tertiary/aromatic N) is 1. The van der Waals surface area contributed by atoms with Gasteiger partial charge >= 0.3 is 0 Å². The molecule has 4 heteroatoms. The molecular formula is C13H15ClN2O. The van der Waals surface area contributed by atoms with Crippen LogP contribution in [0.4, 0.5) is 11.4 Å². The maximum Gasteiger partial charge on any atom is 0.193 e. The van der Waals surface area contributed by atoms with E-state index in [0.29, 0.717) is 11.8 Å². The lowest BCUT2D eigenvalue weighted by Gasteiger charge is -2.14. The fraction of sp³-hybridized carbons (Fsp3) is 0.231. The summed E-state index contributed by atoms with van der Waals surface area (Å²) in [4.78, 5) is 2.06. The molecule has 0 unspecified atom stereocenters. The first-order valence-corrected chi connectivity index (χ1v) is 5.78. The quantitative estimate of drug-likeness (QED) is 0.899. The van der Waals surface area contributed by atoms with E-state index in [4.69, 9.17) is 16.0 Å². The van der Waals surface area contributed by atoms with Crippen LogP contribution in [0.2, 0.25) is 5.22 Å². The molecule has 2 aromatic rings. The van der Waals surface area contributed by atoms with Crippen molar-refractivity contribution in [2.75, 3.05) is 24.3 Å². The number of benzene rings is 1. The van der Waals surface area contributed by atoms with Crippen molar-refractivity contribution in [3.8, 4) is 0 Å². The minimum absolute atomic E-state index is 0.420. The van der Waals surface area contributed by atoms with Gasteiger partial charge in [-0.3, -0.25) is 0 Å². The number of anilines is 2. The summed E-state index contributed by atoms with van der Waals surface area (Å²) in [6.45, 7) is 0.629. The Kier molecular flexibility index (Phi) is 3.59. The highest BCUT2D eigenvalue weighted by atomic mass is 35.5. The van der Waals surface area contributed by atoms with Crippen molar-refractivity contribution in [2.45, 2.75) is 6.54 Å². The normalized spacial score (nSPS) is 10.3. The molecule has 0 bridgehead atoms. The number of nitrogens with one attached hydrogen (secondary N) is 1. The first kappa shape index (κ1) is 11.9. The second-order valence-electron chi connectivity index (χ2n) is 4.00. The topological polar surface area (TPSA) is 28.4 Å². The molecule has 1 aromatic heterocycles. The molecule has 3 nitrogen and oxygen atoms in total. The molecule has 2 rings (SSSR count). The van der Waals surface area contributed by atoms with Crippen LogP contribution in [0.5, 0.6) is 0 Å². The van der Waals surface area contributed by atoms with Crippen LogP contribution in [-0.2, 0) is 6.54 Å². The summed E-state index contributed by atoms with van der Waals surface area (Å²) in [6.07, 6.45) is 0. The van der Waals surface area contributed by atoms with Crippen molar-refractivity contribution in [1.82, 2.24) is 0 Å². The maximum absolute atomic E-state index is 5.71. The van der Waals surface area contributed by atoms with Gasteiger partial charge in [0.15, 0.2) is 5.22 Å². The summed E-state index contributed by atoms with van der Waals surface area (Å²) in [5, 5.41) is 3.71. The van der Waals surface area contributed by atoms with E-state index in [-0.39, 0.29) is 0 Å². The third-order valence-electron chi connectivity index (χ3n) is 2.46. The monoisotopic (exact) mass is 250 g/mol. The van der Waals surface area contributed by atoms with Crippen LogP contribution in [0.25, 0.3) is 0 Å². The van der Waals surface area contributed by atoms with E-state index in [9.17, 15) is 0 Å². The molecule has 0 amide bonds. The van der Waals surface area contributed by atoms with E-state index in [2.05, 4.69) is 22.3 Å². The van der Waals surface area contributed by atoms with E-state index >= 15 is 0 Å². The largest absolute Gasteiger partial charge is 0.448 e. The van der Waals surface area contributed by atoms with Crippen molar-refractivity contribution >= 4 is 23.0 Å². The van der Waals surface area contributed by atoms with Crippen LogP contribution in [-0.4, -0.2) is 14.1 Å². The highest BCUT2D eigenvalue weighted by Crippen LogP contribution is 2.19. The SMILES string of the molecule is CN(C)c1cccc(NCc2ccc(Cl)o2)c1. The summed E-state index contributed by atoms with van der Waals surface area (Å²) < 4.78 is 5.28. The van der Waals surface area contributed by atoms with Crippen molar-refractivity contribution < 1.29 is 4.42 Å². The minimum Gasteiger partial charge on any atom is -0.448 e. The lowest BCUT2D eigenvalue weighted by atomic mass is 10.2. The number of furan rings is 1. The Balaban J connectivity index is 2.01. The second kappa shape index (κ2) is 5.15. The van der Waals surface area contributed by atoms with E-state index in [1.54, 1.807) is 6.07 Å². The van der Waals surface area contributed by atoms with Gasteiger partial charge in [0, 0.05) is 25.5 Å². The van der Waals surface area contributed by atoms with Gasteiger partial charge in [0.25, 0.3) is 0 Å². The van der Waals surface area contributed by atoms with Gasteiger partial charge in [-0.1, -0.05) is 6.07 Å². The van der Waals surface area contributed by atoms with Gasteiger partial charge in [-0.25, -0.2) is 0 Å². The van der Waals surface area contributed by atoms with Crippen LogP contribution < -0.4 is 10.2 Å². The molecule has 0 spiro atoms. The zero-order chi connectivity index (χ0) is 12.3. The van der Waals surface area contributed by atoms with Crippen LogP contribution in [0.1, 0.15) is 5.76 Å². The molecule has 0 saturated heterocycles. The van der Waals surface area contributed by atoms with Gasteiger partial charge in [0.05, 0.1) is 6.54 Å². The third-order valence-corrected chi connectivity index (χ3v) is 2.66. The Labute approximate surface area is 106 Å². The molecule has 0 atom stereocenters. The van der Waals surface area contributed by atoms with Gasteiger partial charge in [-0.2, -0.15) is 0 Å². The van der Waals surface area contributed by atoms with Crippen molar-refractivity contribution in [1.29, 1.82) is 0 Å². The highest BCUT2D eigenvalue weighted by Gasteiger charge is 2.01. The van der Waals surface area contributed by atoms with Gasteiger partial charge in [0.2, 0.25) is 0 Å². The number of hydrogen-bond donors (Lipinski definition) is 1. The predicted molar refractivity (Wildman–Crippen MR) is 71.8 cm³/mol. The Morgan fingerprint density at radius 3 is 2.71 bits per heavy atom. The smallest absolute Gasteiger partial charge is 0.193 e. The first-order chi connectivity index (χ1) is 8.15. The molecule has 0 aliphatic heterocycles. The fourth-order valence-electron chi connectivity index (χ4n) is 1.53. The molecule has 1 heterocycles. The molecule has 0 fully saturated rings. The molecule has 0 saturated carbocycles. The second-order valence-corrected chi connectivity index (χ2v) is 4.38. The summed E-state index contributed by atoms with van der Waals surface area (Å²) in [5.74, 6) is 0.824. The molecule has 1 N–H and O–H groups in total. The molecule has 0 aliphatic carbocycles. The molecule has 0 aliphatic rings. The van der Waals surface area contributed by atoms with Crippen LogP contribution in [0, 0.1) is 0 Å². The fourth-order valence-corrected chi connectivity index (χ4v) is 1.69. The van der Waals surface area contributed by atoms with E-state index in [1.807, 2.05) is 32.3 Å². The van der Waals surface area contributed by atoms with Crippen molar-refractivity contribution in [3.63, 3.8) is 0 Å². The molecule has 0 radical (unpaired) electrons. The molecular weight excluding hydrogens is 236 g/mol. The zero-order valence-electron chi connectivity index (χ0n) is 9.90. The Morgan fingerprint density at radius 2 is 2.06 bits per heavy atom. The van der Waals surface area contributed by atoms with Crippen molar-refractivity contribution in [2.24, 2.45) is 0 Å². The van der Waals surface area contributed by atoms with Gasteiger partial charge in [0.1, 0.15) is 5.76 Å². The standard InChI is InChI=1S/C13H15ClN2O/c1-16(2)11-5-3-4-10(8-11)15-9-12-6-7-13(14)17-12/h3-8,15H,9H2,1-2H3. The third kappa shape index (κ3) is 3.17. The van der Waals surface area contributed by atoms with E-state index < -0.39 is 0 Å². The predicted octanol–water partition coefficient (Wildman–Crippen LogP) is 3.61. The molecule has 17 heavy (non-hydrogen) atoms. The minimum atomic E-state index is 0.420. The Morgan fingerprint density at radius 1 is 1.24 bits per heavy atom. The van der Waals surface area contributed by atoms with E-state index in [1.165, 1.54) is 0 Å². The Bertz CT molecular complexity index is 494. The summed E-state index contributed by atoms with van der Waals surface area (Å²) in [6, 6.07) is 11.8. The average molecular weight is 251 g/mol. The lowest BCUT2D eigenvalue weighted by Crippen LogP contribution is -2.09. The lowest BCUT2D eigenvalue weighted by molar-refractivity contribution is 0.520. The zero-order valence-corrected chi connectivity index (χ0v) is 10.7. The Hall–Kier alpha value is -1.61. The summed E-state index contributed by atoms with van der Waals surface area (Å²) >= 11 is 5.71. The first-order valence-electron chi connectivity index (χ1n) is 5.40. The molecule has 1 aromatic carbocycles. The van der Waals surface area contributed by atoms with Gasteiger partial charge < -0.3 is 14.6 Å². The summed E-state index contributed by atoms with van der Waals surface area (Å²) in [5.41, 5.74) is 2.22.